The maximum Gasteiger partial charge on any atom is 0.240 e. The van der Waals surface area contributed by atoms with Gasteiger partial charge in [0, 0.05) is 19.7 Å². The smallest absolute Gasteiger partial charge is 0.240 e. The number of halogens is 1. The molecule has 1 N–H and O–H groups in total. The van der Waals surface area contributed by atoms with E-state index in [2.05, 4.69) is 4.72 Å². The molecule has 2 rings (SSSR count). The van der Waals surface area contributed by atoms with Crippen LogP contribution in [0.5, 0.6) is 5.75 Å². The van der Waals surface area contributed by atoms with Crippen LogP contribution in [0.1, 0.15) is 11.7 Å². The molecule has 0 saturated carbocycles. The molecule has 0 spiro atoms. The van der Waals surface area contributed by atoms with Crippen LogP contribution < -0.4 is 9.46 Å². The van der Waals surface area contributed by atoms with Crippen molar-refractivity contribution in [3.8, 4) is 5.75 Å². The summed E-state index contributed by atoms with van der Waals surface area (Å²) < 4.78 is 50.7. The zero-order valence-electron chi connectivity index (χ0n) is 12.8. The van der Waals surface area contributed by atoms with Crippen molar-refractivity contribution in [2.75, 3.05) is 20.8 Å². The van der Waals surface area contributed by atoms with Gasteiger partial charge >= 0.3 is 0 Å². The van der Waals surface area contributed by atoms with E-state index in [1.807, 2.05) is 0 Å². The Balaban J connectivity index is 2.13. The molecule has 2 aromatic rings. The van der Waals surface area contributed by atoms with E-state index in [0.717, 1.165) is 0 Å². The number of hydrogen-bond acceptors (Lipinski definition) is 4. The van der Waals surface area contributed by atoms with Crippen LogP contribution >= 0.6 is 0 Å². The average Bonchev–Trinajstić information content (AvgIpc) is 2.55. The average molecular weight is 339 g/mol. The molecule has 124 valence electrons. The van der Waals surface area contributed by atoms with Crippen molar-refractivity contribution in [3.63, 3.8) is 0 Å². The zero-order chi connectivity index (χ0) is 16.9. The summed E-state index contributed by atoms with van der Waals surface area (Å²) in [6.45, 7) is -0.0144. The first kappa shape index (κ1) is 17.4. The number of ether oxygens (including phenoxy) is 2. The molecule has 0 aliphatic heterocycles. The predicted molar refractivity (Wildman–Crippen MR) is 84.3 cm³/mol. The topological polar surface area (TPSA) is 64.6 Å². The van der Waals surface area contributed by atoms with Gasteiger partial charge in [-0.2, -0.15) is 0 Å². The highest BCUT2D eigenvalue weighted by Crippen LogP contribution is 2.20. The van der Waals surface area contributed by atoms with Crippen molar-refractivity contribution in [1.82, 2.24) is 4.72 Å². The van der Waals surface area contributed by atoms with Gasteiger partial charge in [0.05, 0.1) is 18.1 Å². The first-order chi connectivity index (χ1) is 11.0. The summed E-state index contributed by atoms with van der Waals surface area (Å²) in [5.74, 6) is 0.0431. The number of sulfonamides is 1. The zero-order valence-corrected chi connectivity index (χ0v) is 13.6. The van der Waals surface area contributed by atoms with Gasteiger partial charge in [-0.15, -0.1) is 0 Å². The standard InChI is InChI=1S/C16H18FNO4S/c1-21-14-7-4-8-15(10-14)23(19,20)18-11-16(22-2)12-5-3-6-13(17)9-12/h3-10,16,18H,11H2,1-2H3/t16-/m1/s1. The number of nitrogens with one attached hydrogen (secondary N) is 1. The van der Waals surface area contributed by atoms with Gasteiger partial charge in [0.25, 0.3) is 0 Å². The molecule has 7 heteroatoms. The third-order valence-electron chi connectivity index (χ3n) is 3.32. The number of rotatable bonds is 7. The summed E-state index contributed by atoms with van der Waals surface area (Å²) in [6.07, 6.45) is -0.592. The molecule has 0 amide bonds. The monoisotopic (exact) mass is 339 g/mol. The Morgan fingerprint density at radius 2 is 1.87 bits per heavy atom. The molecule has 0 radical (unpaired) electrons. The van der Waals surface area contributed by atoms with E-state index in [4.69, 9.17) is 9.47 Å². The van der Waals surface area contributed by atoms with Crippen LogP contribution in [0.25, 0.3) is 0 Å². The number of benzene rings is 2. The lowest BCUT2D eigenvalue weighted by atomic mass is 10.1. The van der Waals surface area contributed by atoms with Gasteiger partial charge in [-0.25, -0.2) is 17.5 Å². The molecule has 5 nitrogen and oxygen atoms in total. The van der Waals surface area contributed by atoms with Crippen LogP contribution in [0.2, 0.25) is 0 Å². The Hall–Kier alpha value is -1.96. The Kier molecular flexibility index (Phi) is 5.70. The van der Waals surface area contributed by atoms with E-state index in [-0.39, 0.29) is 11.4 Å². The third kappa shape index (κ3) is 4.51. The van der Waals surface area contributed by atoms with Crippen LogP contribution in [0.15, 0.2) is 53.4 Å². The molecule has 0 aromatic heterocycles. The van der Waals surface area contributed by atoms with Gasteiger partial charge < -0.3 is 9.47 Å². The van der Waals surface area contributed by atoms with Crippen molar-refractivity contribution in [3.05, 3.63) is 59.9 Å². The molecule has 23 heavy (non-hydrogen) atoms. The van der Waals surface area contributed by atoms with Crippen LogP contribution in [0.4, 0.5) is 4.39 Å². The SMILES string of the molecule is COc1cccc(S(=O)(=O)NC[C@@H](OC)c2cccc(F)c2)c1. The van der Waals surface area contributed by atoms with Gasteiger partial charge in [-0.1, -0.05) is 18.2 Å². The molecule has 0 aliphatic rings. The van der Waals surface area contributed by atoms with Gasteiger partial charge in [-0.05, 0) is 29.8 Å². The molecule has 0 aliphatic carbocycles. The predicted octanol–water partition coefficient (Wildman–Crippen LogP) is 2.50. The second-order valence-corrected chi connectivity index (χ2v) is 6.58. The third-order valence-corrected chi connectivity index (χ3v) is 4.74. The fourth-order valence-electron chi connectivity index (χ4n) is 2.08. The summed E-state index contributed by atoms with van der Waals surface area (Å²) in [4.78, 5) is 0.0888. The number of methoxy groups -OCH3 is 2. The summed E-state index contributed by atoms with van der Waals surface area (Å²) in [5.41, 5.74) is 0.556. The van der Waals surface area contributed by atoms with Crippen LogP contribution in [0, 0.1) is 5.82 Å². The molecular weight excluding hydrogens is 321 g/mol. The quantitative estimate of drug-likeness (QED) is 0.842. The maximum absolute atomic E-state index is 13.3. The fourth-order valence-corrected chi connectivity index (χ4v) is 3.15. The minimum Gasteiger partial charge on any atom is -0.497 e. The Labute approximate surface area is 135 Å². The van der Waals surface area contributed by atoms with Crippen molar-refractivity contribution in [1.29, 1.82) is 0 Å². The largest absolute Gasteiger partial charge is 0.497 e. The summed E-state index contributed by atoms with van der Waals surface area (Å²) in [6, 6.07) is 12.0. The summed E-state index contributed by atoms with van der Waals surface area (Å²) in [7, 11) is -0.818. The Bertz CT molecular complexity index is 764. The molecule has 0 heterocycles. The normalized spacial score (nSPS) is 12.8. The van der Waals surface area contributed by atoms with E-state index in [9.17, 15) is 12.8 Å². The molecule has 1 atom stereocenters. The maximum atomic E-state index is 13.3. The van der Waals surface area contributed by atoms with Crippen molar-refractivity contribution in [2.45, 2.75) is 11.0 Å². The lowest BCUT2D eigenvalue weighted by Gasteiger charge is -2.17. The second-order valence-electron chi connectivity index (χ2n) is 4.81. The van der Waals surface area contributed by atoms with Gasteiger partial charge in [0.1, 0.15) is 11.6 Å². The van der Waals surface area contributed by atoms with Crippen molar-refractivity contribution in [2.24, 2.45) is 0 Å². The highest BCUT2D eigenvalue weighted by atomic mass is 32.2. The molecular formula is C16H18FNO4S. The summed E-state index contributed by atoms with van der Waals surface area (Å²) >= 11 is 0. The first-order valence-electron chi connectivity index (χ1n) is 6.88. The fraction of sp³-hybridized carbons (Fsp3) is 0.250. The minimum absolute atomic E-state index is 0.0144. The second kappa shape index (κ2) is 7.54. The van der Waals surface area contributed by atoms with Crippen LogP contribution in [-0.2, 0) is 14.8 Å². The molecule has 0 saturated heterocycles. The van der Waals surface area contributed by atoms with E-state index in [0.29, 0.717) is 11.3 Å². The molecule has 0 unspecified atom stereocenters. The first-order valence-corrected chi connectivity index (χ1v) is 8.36. The van der Waals surface area contributed by atoms with Crippen LogP contribution in [0.3, 0.4) is 0 Å². The Morgan fingerprint density at radius 3 is 2.52 bits per heavy atom. The van der Waals surface area contributed by atoms with Crippen molar-refractivity contribution >= 4 is 10.0 Å². The molecule has 0 bridgehead atoms. The lowest BCUT2D eigenvalue weighted by molar-refractivity contribution is 0.107. The minimum atomic E-state index is -3.72. The van der Waals surface area contributed by atoms with E-state index >= 15 is 0 Å². The highest BCUT2D eigenvalue weighted by molar-refractivity contribution is 7.89. The van der Waals surface area contributed by atoms with Gasteiger partial charge in [0.15, 0.2) is 0 Å². The Morgan fingerprint density at radius 1 is 1.13 bits per heavy atom. The number of hydrogen-bond donors (Lipinski definition) is 1. The van der Waals surface area contributed by atoms with Crippen molar-refractivity contribution < 1.29 is 22.3 Å². The van der Waals surface area contributed by atoms with Crippen LogP contribution in [-0.4, -0.2) is 29.2 Å². The van der Waals surface area contributed by atoms with Gasteiger partial charge in [0.2, 0.25) is 10.0 Å². The van der Waals surface area contributed by atoms with E-state index in [1.54, 1.807) is 24.3 Å². The van der Waals surface area contributed by atoms with E-state index < -0.39 is 21.9 Å². The highest BCUT2D eigenvalue weighted by Gasteiger charge is 2.18. The van der Waals surface area contributed by atoms with Gasteiger partial charge in [-0.3, -0.25) is 0 Å². The molecule has 2 aromatic carbocycles. The summed E-state index contributed by atoms with van der Waals surface area (Å²) in [5, 5.41) is 0. The molecule has 0 fully saturated rings. The van der Waals surface area contributed by atoms with E-state index in [1.165, 1.54) is 38.5 Å². The lowest BCUT2D eigenvalue weighted by Crippen LogP contribution is -2.29.